The molecule has 0 radical (unpaired) electrons. The van der Waals surface area contributed by atoms with Crippen molar-refractivity contribution in [1.29, 1.82) is 0 Å². The third kappa shape index (κ3) is 3.37. The van der Waals surface area contributed by atoms with Crippen LogP contribution in [0.4, 0.5) is 5.82 Å². The summed E-state index contributed by atoms with van der Waals surface area (Å²) in [5.74, 6) is 0.952. The highest BCUT2D eigenvalue weighted by atomic mass is 79.9. The minimum Gasteiger partial charge on any atom is -0.370 e. The minimum atomic E-state index is 0.952. The van der Waals surface area contributed by atoms with E-state index in [1.165, 1.54) is 0 Å². The Balaban J connectivity index is 2.28. The topological polar surface area (TPSA) is 24.9 Å². The van der Waals surface area contributed by atoms with E-state index in [-0.39, 0.29) is 0 Å². The van der Waals surface area contributed by atoms with Crippen LogP contribution in [0.1, 0.15) is 6.42 Å². The van der Waals surface area contributed by atoms with Crippen LogP contribution in [0.2, 0.25) is 0 Å². The van der Waals surface area contributed by atoms with Crippen LogP contribution in [0.3, 0.4) is 0 Å². The zero-order chi connectivity index (χ0) is 7.94. The number of rotatable bonds is 4. The van der Waals surface area contributed by atoms with Gasteiger partial charge in [0.15, 0.2) is 0 Å². The van der Waals surface area contributed by atoms with Crippen molar-refractivity contribution in [3.63, 3.8) is 0 Å². The molecule has 0 atom stereocenters. The van der Waals surface area contributed by atoms with Crippen LogP contribution in [0, 0.1) is 0 Å². The molecule has 0 aliphatic heterocycles. The highest BCUT2D eigenvalue weighted by Crippen LogP contribution is 1.99. The van der Waals surface area contributed by atoms with Gasteiger partial charge in [0.05, 0.1) is 0 Å². The van der Waals surface area contributed by atoms with Crippen LogP contribution >= 0.6 is 15.9 Å². The van der Waals surface area contributed by atoms with Gasteiger partial charge in [-0.2, -0.15) is 0 Å². The largest absolute Gasteiger partial charge is 0.370 e. The molecule has 0 spiro atoms. The van der Waals surface area contributed by atoms with Gasteiger partial charge in [-0.15, -0.1) is 0 Å². The van der Waals surface area contributed by atoms with Crippen LogP contribution in [-0.4, -0.2) is 16.9 Å². The second kappa shape index (κ2) is 5.13. The van der Waals surface area contributed by atoms with Crippen LogP contribution in [-0.2, 0) is 0 Å². The first-order valence-corrected chi connectivity index (χ1v) is 4.76. The number of halogens is 1. The molecule has 0 fully saturated rings. The van der Waals surface area contributed by atoms with Crippen molar-refractivity contribution in [3.05, 3.63) is 24.4 Å². The van der Waals surface area contributed by atoms with Crippen LogP contribution in [0.5, 0.6) is 0 Å². The molecule has 0 unspecified atom stereocenters. The molecule has 2 nitrogen and oxygen atoms in total. The van der Waals surface area contributed by atoms with Crippen molar-refractivity contribution >= 4 is 21.7 Å². The SMILES string of the molecule is BrCCCNc1ccccn1. The molecule has 0 aliphatic rings. The molecular formula is C8H11BrN2. The Morgan fingerprint density at radius 2 is 2.36 bits per heavy atom. The fourth-order valence-electron chi connectivity index (χ4n) is 0.751. The number of anilines is 1. The maximum absolute atomic E-state index is 4.12. The van der Waals surface area contributed by atoms with Crippen molar-refractivity contribution in [1.82, 2.24) is 4.98 Å². The van der Waals surface area contributed by atoms with Gasteiger partial charge in [-0.25, -0.2) is 4.98 Å². The van der Waals surface area contributed by atoms with Gasteiger partial charge in [0.1, 0.15) is 5.82 Å². The maximum Gasteiger partial charge on any atom is 0.125 e. The van der Waals surface area contributed by atoms with E-state index in [2.05, 4.69) is 26.2 Å². The second-order valence-electron chi connectivity index (χ2n) is 2.18. The van der Waals surface area contributed by atoms with Gasteiger partial charge in [0.25, 0.3) is 0 Å². The Bertz CT molecular complexity index is 189. The summed E-state index contributed by atoms with van der Waals surface area (Å²) < 4.78 is 0. The van der Waals surface area contributed by atoms with Crippen molar-refractivity contribution in [2.45, 2.75) is 6.42 Å². The van der Waals surface area contributed by atoms with Crippen molar-refractivity contribution in [3.8, 4) is 0 Å². The van der Waals surface area contributed by atoms with Crippen LogP contribution in [0.25, 0.3) is 0 Å². The fraction of sp³-hybridized carbons (Fsp3) is 0.375. The molecule has 1 rings (SSSR count). The van der Waals surface area contributed by atoms with Gasteiger partial charge in [-0.05, 0) is 18.6 Å². The van der Waals surface area contributed by atoms with Gasteiger partial charge in [0.2, 0.25) is 0 Å². The molecule has 1 aromatic rings. The summed E-state index contributed by atoms with van der Waals surface area (Å²) in [5.41, 5.74) is 0. The van der Waals surface area contributed by atoms with Crippen molar-refractivity contribution < 1.29 is 0 Å². The van der Waals surface area contributed by atoms with E-state index in [0.717, 1.165) is 24.1 Å². The smallest absolute Gasteiger partial charge is 0.125 e. The molecule has 1 aromatic heterocycles. The van der Waals surface area contributed by atoms with E-state index in [4.69, 9.17) is 0 Å². The summed E-state index contributed by atoms with van der Waals surface area (Å²) >= 11 is 3.36. The van der Waals surface area contributed by atoms with E-state index in [1.807, 2.05) is 18.2 Å². The van der Waals surface area contributed by atoms with Crippen molar-refractivity contribution in [2.75, 3.05) is 17.2 Å². The number of pyridine rings is 1. The van der Waals surface area contributed by atoms with Gasteiger partial charge in [0, 0.05) is 18.1 Å². The van der Waals surface area contributed by atoms with E-state index in [1.54, 1.807) is 6.20 Å². The Kier molecular flexibility index (Phi) is 3.98. The molecule has 60 valence electrons. The number of hydrogen-bond donors (Lipinski definition) is 1. The first kappa shape index (κ1) is 8.53. The molecular weight excluding hydrogens is 204 g/mol. The first-order valence-electron chi connectivity index (χ1n) is 3.64. The number of aromatic nitrogens is 1. The van der Waals surface area contributed by atoms with E-state index >= 15 is 0 Å². The lowest BCUT2D eigenvalue weighted by Crippen LogP contribution is -2.02. The summed E-state index contributed by atoms with van der Waals surface area (Å²) in [6.07, 6.45) is 2.91. The Hall–Kier alpha value is -0.570. The normalized spacial score (nSPS) is 9.55. The predicted octanol–water partition coefficient (Wildman–Crippen LogP) is 2.28. The molecule has 11 heavy (non-hydrogen) atoms. The molecule has 0 bridgehead atoms. The average molecular weight is 215 g/mol. The number of nitrogens with one attached hydrogen (secondary N) is 1. The third-order valence-corrected chi connectivity index (χ3v) is 1.84. The van der Waals surface area contributed by atoms with Gasteiger partial charge < -0.3 is 5.32 Å². The number of nitrogens with zero attached hydrogens (tertiary/aromatic N) is 1. The van der Waals surface area contributed by atoms with E-state index < -0.39 is 0 Å². The number of alkyl halides is 1. The monoisotopic (exact) mass is 214 g/mol. The van der Waals surface area contributed by atoms with Crippen LogP contribution in [0.15, 0.2) is 24.4 Å². The van der Waals surface area contributed by atoms with E-state index in [9.17, 15) is 0 Å². The standard InChI is InChI=1S/C8H11BrN2/c9-5-3-7-11-8-4-1-2-6-10-8/h1-2,4,6H,3,5,7H2,(H,10,11). The molecule has 0 amide bonds. The summed E-state index contributed by atoms with van der Waals surface area (Å²) in [5, 5.41) is 4.24. The quantitative estimate of drug-likeness (QED) is 0.615. The third-order valence-electron chi connectivity index (χ3n) is 1.28. The highest BCUT2D eigenvalue weighted by Gasteiger charge is 1.88. The van der Waals surface area contributed by atoms with Crippen LogP contribution < -0.4 is 5.32 Å². The van der Waals surface area contributed by atoms with Gasteiger partial charge in [-0.1, -0.05) is 22.0 Å². The van der Waals surface area contributed by atoms with Crippen molar-refractivity contribution in [2.24, 2.45) is 0 Å². The molecule has 0 aromatic carbocycles. The summed E-state index contributed by atoms with van der Waals surface area (Å²) in [7, 11) is 0. The lowest BCUT2D eigenvalue weighted by molar-refractivity contribution is 0.987. The number of hydrogen-bond acceptors (Lipinski definition) is 2. The Morgan fingerprint density at radius 3 is 3.00 bits per heavy atom. The first-order chi connectivity index (χ1) is 5.43. The Labute approximate surface area is 75.2 Å². The summed E-state index contributed by atoms with van der Waals surface area (Å²) in [6.45, 7) is 0.974. The summed E-state index contributed by atoms with van der Waals surface area (Å²) in [4.78, 5) is 4.12. The van der Waals surface area contributed by atoms with E-state index in [0.29, 0.717) is 0 Å². The predicted molar refractivity (Wildman–Crippen MR) is 51.1 cm³/mol. The molecule has 3 heteroatoms. The second-order valence-corrected chi connectivity index (χ2v) is 2.98. The zero-order valence-electron chi connectivity index (χ0n) is 6.26. The average Bonchev–Trinajstić information content (AvgIpc) is 2.07. The molecule has 1 heterocycles. The molecule has 1 N–H and O–H groups in total. The fourth-order valence-corrected chi connectivity index (χ4v) is 1.03. The zero-order valence-corrected chi connectivity index (χ0v) is 7.84. The summed E-state index contributed by atoms with van der Waals surface area (Å²) in [6, 6.07) is 5.85. The highest BCUT2D eigenvalue weighted by molar-refractivity contribution is 9.09. The minimum absolute atomic E-state index is 0.952. The van der Waals surface area contributed by atoms with Gasteiger partial charge in [-0.3, -0.25) is 0 Å². The van der Waals surface area contributed by atoms with Gasteiger partial charge >= 0.3 is 0 Å². The molecule has 0 aliphatic carbocycles. The lowest BCUT2D eigenvalue weighted by Gasteiger charge is -2.01. The molecule has 0 saturated heterocycles. The Morgan fingerprint density at radius 1 is 1.45 bits per heavy atom. The maximum atomic E-state index is 4.12. The molecule has 0 saturated carbocycles. The lowest BCUT2D eigenvalue weighted by atomic mass is 10.4.